The number of hydrogen-bond donors (Lipinski definition) is 2. The Kier molecular flexibility index (Phi) is 3.71. The van der Waals surface area contributed by atoms with Crippen LogP contribution in [0.25, 0.3) is 0 Å². The first-order chi connectivity index (χ1) is 6.14. The Hall–Kier alpha value is -0.120. The number of nitrogens with one attached hydrogen (secondary N) is 1. The van der Waals surface area contributed by atoms with Crippen LogP contribution in [0.4, 0.5) is 0 Å². The molecule has 1 rings (SSSR count). The molecule has 3 nitrogen and oxygen atoms in total. The van der Waals surface area contributed by atoms with E-state index in [4.69, 9.17) is 10.5 Å². The molecule has 13 heavy (non-hydrogen) atoms. The van der Waals surface area contributed by atoms with Gasteiger partial charge in [0.05, 0.1) is 11.6 Å². The van der Waals surface area contributed by atoms with Gasteiger partial charge < -0.3 is 15.8 Å². The summed E-state index contributed by atoms with van der Waals surface area (Å²) in [5.74, 6) is 0. The molecule has 1 heterocycles. The predicted octanol–water partition coefficient (Wildman–Crippen LogP) is 0.881. The molecule has 3 unspecified atom stereocenters. The zero-order valence-corrected chi connectivity index (χ0v) is 8.97. The van der Waals surface area contributed by atoms with E-state index in [0.717, 1.165) is 19.4 Å². The van der Waals surface area contributed by atoms with E-state index in [1.165, 1.54) is 0 Å². The summed E-state index contributed by atoms with van der Waals surface area (Å²) in [5, 5.41) is 3.59. The highest BCUT2D eigenvalue weighted by molar-refractivity contribution is 4.99. The number of ether oxygens (including phenoxy) is 1. The summed E-state index contributed by atoms with van der Waals surface area (Å²) in [4.78, 5) is 0. The topological polar surface area (TPSA) is 47.3 Å². The van der Waals surface area contributed by atoms with E-state index in [9.17, 15) is 0 Å². The molecule has 3 heteroatoms. The summed E-state index contributed by atoms with van der Waals surface area (Å²) in [5.41, 5.74) is 5.84. The van der Waals surface area contributed by atoms with Crippen molar-refractivity contribution >= 4 is 0 Å². The number of rotatable bonds is 4. The minimum absolute atomic E-state index is 0.0232. The summed E-state index contributed by atoms with van der Waals surface area (Å²) in [6.45, 7) is 7.99. The Balaban J connectivity index is 2.58. The maximum Gasteiger partial charge on any atom is 0.0741 e. The van der Waals surface area contributed by atoms with Crippen LogP contribution in [0.3, 0.4) is 0 Å². The Morgan fingerprint density at radius 1 is 1.69 bits per heavy atom. The quantitative estimate of drug-likeness (QED) is 0.685. The standard InChI is InChI=1S/C10H22N2O/c1-4-8(2)12-10(7-11)5-6-13-9(10)3/h8-9,12H,4-7,11H2,1-3H3. The second kappa shape index (κ2) is 4.40. The van der Waals surface area contributed by atoms with E-state index in [2.05, 4.69) is 26.1 Å². The largest absolute Gasteiger partial charge is 0.376 e. The van der Waals surface area contributed by atoms with Crippen molar-refractivity contribution in [2.75, 3.05) is 13.2 Å². The molecule has 78 valence electrons. The highest BCUT2D eigenvalue weighted by Crippen LogP contribution is 2.25. The highest BCUT2D eigenvalue weighted by atomic mass is 16.5. The molecule has 0 radical (unpaired) electrons. The summed E-state index contributed by atoms with van der Waals surface area (Å²) in [6.07, 6.45) is 2.41. The fourth-order valence-electron chi connectivity index (χ4n) is 1.89. The molecule has 3 atom stereocenters. The highest BCUT2D eigenvalue weighted by Gasteiger charge is 2.40. The lowest BCUT2D eigenvalue weighted by Crippen LogP contribution is -2.58. The molecule has 0 saturated carbocycles. The minimum Gasteiger partial charge on any atom is -0.376 e. The van der Waals surface area contributed by atoms with E-state index >= 15 is 0 Å². The Labute approximate surface area is 81.0 Å². The zero-order valence-electron chi connectivity index (χ0n) is 8.97. The van der Waals surface area contributed by atoms with Crippen molar-refractivity contribution in [1.29, 1.82) is 0 Å². The monoisotopic (exact) mass is 186 g/mol. The molecule has 0 aromatic heterocycles. The van der Waals surface area contributed by atoms with Crippen molar-refractivity contribution < 1.29 is 4.74 Å². The first kappa shape index (κ1) is 11.0. The van der Waals surface area contributed by atoms with E-state index in [1.807, 2.05) is 0 Å². The Morgan fingerprint density at radius 2 is 2.38 bits per heavy atom. The van der Waals surface area contributed by atoms with Crippen LogP contribution in [0.2, 0.25) is 0 Å². The molecule has 0 spiro atoms. The van der Waals surface area contributed by atoms with Gasteiger partial charge in [-0.3, -0.25) is 0 Å². The lowest BCUT2D eigenvalue weighted by atomic mass is 9.91. The zero-order chi connectivity index (χ0) is 9.90. The molecular weight excluding hydrogens is 164 g/mol. The average molecular weight is 186 g/mol. The van der Waals surface area contributed by atoms with Gasteiger partial charge in [-0.05, 0) is 26.7 Å². The molecule has 0 aromatic rings. The van der Waals surface area contributed by atoms with Gasteiger partial charge in [0, 0.05) is 19.2 Å². The average Bonchev–Trinajstić information content (AvgIpc) is 2.48. The van der Waals surface area contributed by atoms with Gasteiger partial charge in [0.25, 0.3) is 0 Å². The molecule has 0 aliphatic carbocycles. The van der Waals surface area contributed by atoms with Crippen LogP contribution in [0.5, 0.6) is 0 Å². The molecule has 1 aliphatic heterocycles. The van der Waals surface area contributed by atoms with Gasteiger partial charge in [-0.15, -0.1) is 0 Å². The van der Waals surface area contributed by atoms with Crippen LogP contribution >= 0.6 is 0 Å². The van der Waals surface area contributed by atoms with Crippen LogP contribution in [-0.2, 0) is 4.74 Å². The van der Waals surface area contributed by atoms with E-state index in [-0.39, 0.29) is 11.6 Å². The molecule has 0 bridgehead atoms. The van der Waals surface area contributed by atoms with Gasteiger partial charge in [-0.2, -0.15) is 0 Å². The first-order valence-corrected chi connectivity index (χ1v) is 5.24. The van der Waals surface area contributed by atoms with Crippen molar-refractivity contribution in [3.8, 4) is 0 Å². The summed E-state index contributed by atoms with van der Waals surface area (Å²) < 4.78 is 5.56. The van der Waals surface area contributed by atoms with Crippen molar-refractivity contribution in [1.82, 2.24) is 5.32 Å². The van der Waals surface area contributed by atoms with Gasteiger partial charge in [0.1, 0.15) is 0 Å². The first-order valence-electron chi connectivity index (χ1n) is 5.24. The van der Waals surface area contributed by atoms with Crippen LogP contribution < -0.4 is 11.1 Å². The van der Waals surface area contributed by atoms with Crippen LogP contribution in [0, 0.1) is 0 Å². The lowest BCUT2D eigenvalue weighted by molar-refractivity contribution is 0.0812. The molecule has 1 aliphatic rings. The maximum atomic E-state index is 5.82. The number of nitrogens with two attached hydrogens (primary N) is 1. The van der Waals surface area contributed by atoms with Gasteiger partial charge in [0.15, 0.2) is 0 Å². The maximum absolute atomic E-state index is 5.82. The van der Waals surface area contributed by atoms with E-state index < -0.39 is 0 Å². The van der Waals surface area contributed by atoms with Gasteiger partial charge >= 0.3 is 0 Å². The van der Waals surface area contributed by atoms with Crippen molar-refractivity contribution in [2.45, 2.75) is 51.3 Å². The van der Waals surface area contributed by atoms with E-state index in [1.54, 1.807) is 0 Å². The fraction of sp³-hybridized carbons (Fsp3) is 1.00. The third-order valence-corrected chi connectivity index (χ3v) is 3.20. The van der Waals surface area contributed by atoms with E-state index in [0.29, 0.717) is 12.6 Å². The smallest absolute Gasteiger partial charge is 0.0741 e. The molecule has 0 amide bonds. The van der Waals surface area contributed by atoms with Crippen LogP contribution in [0.15, 0.2) is 0 Å². The van der Waals surface area contributed by atoms with Gasteiger partial charge in [0.2, 0.25) is 0 Å². The predicted molar refractivity (Wildman–Crippen MR) is 54.7 cm³/mol. The van der Waals surface area contributed by atoms with Gasteiger partial charge in [-0.25, -0.2) is 0 Å². The third kappa shape index (κ3) is 2.22. The third-order valence-electron chi connectivity index (χ3n) is 3.20. The molecular formula is C10H22N2O. The second-order valence-corrected chi connectivity index (χ2v) is 4.08. The lowest BCUT2D eigenvalue weighted by Gasteiger charge is -2.34. The molecule has 1 fully saturated rings. The minimum atomic E-state index is 0.0232. The molecule has 1 saturated heterocycles. The number of hydrogen-bond acceptors (Lipinski definition) is 3. The second-order valence-electron chi connectivity index (χ2n) is 4.08. The van der Waals surface area contributed by atoms with Crippen LogP contribution in [-0.4, -0.2) is 30.8 Å². The molecule has 3 N–H and O–H groups in total. The van der Waals surface area contributed by atoms with Gasteiger partial charge in [-0.1, -0.05) is 6.92 Å². The van der Waals surface area contributed by atoms with Crippen LogP contribution in [0.1, 0.15) is 33.6 Å². The molecule has 0 aromatic carbocycles. The Morgan fingerprint density at radius 3 is 2.77 bits per heavy atom. The normalized spacial score (nSPS) is 36.5. The summed E-state index contributed by atoms with van der Waals surface area (Å²) in [7, 11) is 0. The summed E-state index contributed by atoms with van der Waals surface area (Å²) >= 11 is 0. The van der Waals surface area contributed by atoms with Crippen molar-refractivity contribution in [3.63, 3.8) is 0 Å². The summed E-state index contributed by atoms with van der Waals surface area (Å²) in [6, 6.07) is 0.521. The van der Waals surface area contributed by atoms with Crippen molar-refractivity contribution in [2.24, 2.45) is 5.73 Å². The Bertz CT molecular complexity index is 163. The van der Waals surface area contributed by atoms with Crippen molar-refractivity contribution in [3.05, 3.63) is 0 Å². The SMILES string of the molecule is CCC(C)NC1(CN)CCOC1C. The fourth-order valence-corrected chi connectivity index (χ4v) is 1.89.